The highest BCUT2D eigenvalue weighted by Crippen LogP contribution is 2.42. The maximum absolute atomic E-state index is 13.7. The molecule has 182 valence electrons. The molecule has 2 aliphatic rings. The molecule has 4 N–H and O–H groups in total. The SMILES string of the molecule is [B]c1ccc(C(=O)N[C@H]2CCCNC2)c(NC2(Cc3cccc(Cl)c3)C(=O)Nc3cc(Cl)ccc32)c1. The molecule has 2 amide bonds. The second kappa shape index (κ2) is 10.2. The first-order valence-electron chi connectivity index (χ1n) is 11.9. The quantitative estimate of drug-likeness (QED) is 0.374. The minimum atomic E-state index is -1.22. The predicted molar refractivity (Wildman–Crippen MR) is 146 cm³/mol. The van der Waals surface area contributed by atoms with Gasteiger partial charge in [0.05, 0.1) is 5.56 Å². The number of nitrogens with one attached hydrogen (secondary N) is 4. The van der Waals surface area contributed by atoms with Gasteiger partial charge < -0.3 is 21.3 Å². The second-order valence-electron chi connectivity index (χ2n) is 9.30. The molecule has 0 bridgehead atoms. The molecule has 2 aliphatic heterocycles. The van der Waals surface area contributed by atoms with Gasteiger partial charge in [-0.15, -0.1) is 0 Å². The number of amides is 2. The Morgan fingerprint density at radius 1 is 1.08 bits per heavy atom. The summed E-state index contributed by atoms with van der Waals surface area (Å²) in [6.07, 6.45) is 2.20. The van der Waals surface area contributed by atoms with Crippen LogP contribution >= 0.6 is 23.2 Å². The van der Waals surface area contributed by atoms with Crippen LogP contribution in [0.1, 0.15) is 34.3 Å². The van der Waals surface area contributed by atoms with Gasteiger partial charge in [0.2, 0.25) is 0 Å². The lowest BCUT2D eigenvalue weighted by Crippen LogP contribution is -2.47. The number of fused-ring (bicyclic) bond motifs is 1. The molecule has 6 nitrogen and oxygen atoms in total. The Labute approximate surface area is 221 Å². The average molecular weight is 519 g/mol. The second-order valence-corrected chi connectivity index (χ2v) is 10.2. The Morgan fingerprint density at radius 3 is 2.69 bits per heavy atom. The highest BCUT2D eigenvalue weighted by atomic mass is 35.5. The van der Waals surface area contributed by atoms with E-state index < -0.39 is 5.54 Å². The molecule has 1 fully saturated rings. The molecule has 9 heteroatoms. The zero-order valence-corrected chi connectivity index (χ0v) is 21.0. The average Bonchev–Trinajstić information content (AvgIpc) is 3.09. The van der Waals surface area contributed by atoms with Gasteiger partial charge in [-0.1, -0.05) is 52.9 Å². The molecule has 2 atom stereocenters. The van der Waals surface area contributed by atoms with Crippen LogP contribution in [0.3, 0.4) is 0 Å². The number of anilines is 2. The Morgan fingerprint density at radius 2 is 1.92 bits per heavy atom. The lowest BCUT2D eigenvalue weighted by atomic mass is 9.83. The number of carbonyl (C=O) groups excluding carboxylic acids is 2. The largest absolute Gasteiger partial charge is 0.367 e. The number of halogens is 2. The summed E-state index contributed by atoms with van der Waals surface area (Å²) in [7, 11) is 6.13. The highest BCUT2D eigenvalue weighted by molar-refractivity contribution is 6.33. The van der Waals surface area contributed by atoms with Crippen molar-refractivity contribution in [2.24, 2.45) is 0 Å². The van der Waals surface area contributed by atoms with E-state index in [4.69, 9.17) is 31.0 Å². The number of benzene rings is 3. The third kappa shape index (κ3) is 4.96. The maximum atomic E-state index is 13.7. The summed E-state index contributed by atoms with van der Waals surface area (Å²) in [6, 6.07) is 17.8. The summed E-state index contributed by atoms with van der Waals surface area (Å²) in [4.78, 5) is 27.0. The molecule has 3 aromatic carbocycles. The zero-order chi connectivity index (χ0) is 25.3. The first kappa shape index (κ1) is 24.7. The van der Waals surface area contributed by atoms with Crippen LogP contribution in [0.2, 0.25) is 10.0 Å². The van der Waals surface area contributed by atoms with Crippen molar-refractivity contribution in [2.75, 3.05) is 23.7 Å². The smallest absolute Gasteiger partial charge is 0.255 e. The van der Waals surface area contributed by atoms with Crippen molar-refractivity contribution in [3.8, 4) is 0 Å². The molecule has 0 spiro atoms. The summed E-state index contributed by atoms with van der Waals surface area (Å²) >= 11 is 12.5. The van der Waals surface area contributed by atoms with E-state index in [1.807, 2.05) is 24.3 Å². The van der Waals surface area contributed by atoms with E-state index in [9.17, 15) is 9.59 Å². The molecular weight excluding hydrogens is 494 g/mol. The number of piperidine rings is 1. The van der Waals surface area contributed by atoms with Crippen molar-refractivity contribution in [1.82, 2.24) is 10.6 Å². The topological polar surface area (TPSA) is 82.3 Å². The van der Waals surface area contributed by atoms with Gasteiger partial charge in [0, 0.05) is 46.0 Å². The molecule has 3 aromatic rings. The monoisotopic (exact) mass is 518 g/mol. The van der Waals surface area contributed by atoms with E-state index >= 15 is 0 Å². The van der Waals surface area contributed by atoms with Crippen LogP contribution in [0.15, 0.2) is 60.7 Å². The van der Waals surface area contributed by atoms with E-state index in [0.717, 1.165) is 37.1 Å². The first-order chi connectivity index (χ1) is 17.3. The minimum Gasteiger partial charge on any atom is -0.367 e. The van der Waals surface area contributed by atoms with Crippen molar-refractivity contribution in [1.29, 1.82) is 0 Å². The van der Waals surface area contributed by atoms with Crippen molar-refractivity contribution < 1.29 is 9.59 Å². The van der Waals surface area contributed by atoms with Gasteiger partial charge in [0.15, 0.2) is 0 Å². The van der Waals surface area contributed by atoms with Gasteiger partial charge in [0.25, 0.3) is 11.8 Å². The molecular formula is C27H25BCl2N4O2. The van der Waals surface area contributed by atoms with Crippen molar-refractivity contribution in [3.05, 3.63) is 87.4 Å². The van der Waals surface area contributed by atoms with Gasteiger partial charge in [-0.05, 0) is 61.3 Å². The molecule has 5 rings (SSSR count). The number of hydrogen-bond donors (Lipinski definition) is 4. The normalized spacial score (nSPS) is 20.9. The standard InChI is InChI=1S/C27H25BCl2N4O2/c28-17-6-8-21(25(35)32-20-5-2-10-31-15-20)23(12-17)34-27(14-16-3-1-4-18(29)11-16)22-9-7-19(30)13-24(22)33-26(27)36/h1,3-4,6-9,11-13,20,31,34H,2,5,10,14-15H2,(H,32,35)(H,33,36)/t20-,27?/m0/s1. The van der Waals surface area contributed by atoms with Crippen LogP contribution in [0.25, 0.3) is 0 Å². The van der Waals surface area contributed by atoms with Crippen LogP contribution in [0.5, 0.6) is 0 Å². The van der Waals surface area contributed by atoms with Crippen LogP contribution in [0, 0.1) is 0 Å². The fraction of sp³-hybridized carbons (Fsp3) is 0.259. The lowest BCUT2D eigenvalue weighted by Gasteiger charge is -2.32. The molecule has 0 saturated carbocycles. The van der Waals surface area contributed by atoms with Gasteiger partial charge in [-0.25, -0.2) is 0 Å². The highest BCUT2D eigenvalue weighted by Gasteiger charge is 2.47. The first-order valence-corrected chi connectivity index (χ1v) is 12.6. The van der Waals surface area contributed by atoms with E-state index in [1.54, 1.807) is 36.4 Å². The summed E-state index contributed by atoms with van der Waals surface area (Å²) in [5.41, 5.74) is 2.33. The lowest BCUT2D eigenvalue weighted by molar-refractivity contribution is -0.119. The predicted octanol–water partition coefficient (Wildman–Crippen LogP) is 3.77. The Kier molecular flexibility index (Phi) is 6.97. The van der Waals surface area contributed by atoms with E-state index in [-0.39, 0.29) is 24.3 Å². The van der Waals surface area contributed by atoms with Gasteiger partial charge in [-0.3, -0.25) is 9.59 Å². The fourth-order valence-electron chi connectivity index (χ4n) is 4.97. The third-order valence-electron chi connectivity index (χ3n) is 6.70. The van der Waals surface area contributed by atoms with Crippen LogP contribution in [-0.2, 0) is 16.8 Å². The van der Waals surface area contributed by atoms with Crippen LogP contribution < -0.4 is 26.7 Å². The fourth-order valence-corrected chi connectivity index (χ4v) is 5.36. The Bertz CT molecular complexity index is 1330. The zero-order valence-electron chi connectivity index (χ0n) is 19.5. The number of hydrogen-bond acceptors (Lipinski definition) is 4. The molecule has 1 saturated heterocycles. The Hall–Kier alpha value is -3.00. The van der Waals surface area contributed by atoms with Gasteiger partial charge >= 0.3 is 0 Å². The summed E-state index contributed by atoms with van der Waals surface area (Å²) in [5, 5.41) is 13.9. The Balaban J connectivity index is 1.56. The number of carbonyl (C=O) groups is 2. The summed E-state index contributed by atoms with van der Waals surface area (Å²) in [5.74, 6) is -0.483. The van der Waals surface area contributed by atoms with Crippen molar-refractivity contribution in [2.45, 2.75) is 30.8 Å². The molecule has 2 radical (unpaired) electrons. The third-order valence-corrected chi connectivity index (χ3v) is 7.17. The van der Waals surface area contributed by atoms with Gasteiger partial charge in [0.1, 0.15) is 13.4 Å². The maximum Gasteiger partial charge on any atom is 0.255 e. The number of rotatable bonds is 6. The van der Waals surface area contributed by atoms with E-state index in [2.05, 4.69) is 21.3 Å². The van der Waals surface area contributed by atoms with Crippen molar-refractivity contribution >= 4 is 59.7 Å². The molecule has 36 heavy (non-hydrogen) atoms. The van der Waals surface area contributed by atoms with Gasteiger partial charge in [-0.2, -0.15) is 0 Å². The molecule has 2 heterocycles. The molecule has 0 aliphatic carbocycles. The molecule has 0 aromatic heterocycles. The minimum absolute atomic E-state index is 0.0368. The molecule has 1 unspecified atom stereocenters. The van der Waals surface area contributed by atoms with Crippen LogP contribution in [-0.4, -0.2) is 38.8 Å². The summed E-state index contributed by atoms with van der Waals surface area (Å²) < 4.78 is 0. The van der Waals surface area contributed by atoms with E-state index in [0.29, 0.717) is 32.4 Å². The van der Waals surface area contributed by atoms with E-state index in [1.165, 1.54) is 0 Å². The van der Waals surface area contributed by atoms with Crippen molar-refractivity contribution in [3.63, 3.8) is 0 Å². The van der Waals surface area contributed by atoms with Crippen LogP contribution in [0.4, 0.5) is 11.4 Å². The summed E-state index contributed by atoms with van der Waals surface area (Å²) in [6.45, 7) is 1.67.